The number of nitrogens with one attached hydrogen (secondary N) is 2. The molecule has 3 aromatic carbocycles. The van der Waals surface area contributed by atoms with Crippen LogP contribution >= 0.6 is 11.6 Å². The zero-order valence-corrected chi connectivity index (χ0v) is 17.9. The van der Waals surface area contributed by atoms with Crippen LogP contribution in [0.5, 0.6) is 0 Å². The number of anilines is 2. The fourth-order valence-electron chi connectivity index (χ4n) is 3.12. The van der Waals surface area contributed by atoms with Crippen LogP contribution in [-0.2, 0) is 0 Å². The summed E-state index contributed by atoms with van der Waals surface area (Å²) in [7, 11) is 3.74. The van der Waals surface area contributed by atoms with Crippen molar-refractivity contribution in [1.82, 2.24) is 5.32 Å². The summed E-state index contributed by atoms with van der Waals surface area (Å²) in [6, 6.07) is 21.6. The number of carbonyl (C=O) groups is 2. The van der Waals surface area contributed by atoms with Gasteiger partial charge >= 0.3 is 0 Å². The van der Waals surface area contributed by atoms with E-state index in [-0.39, 0.29) is 17.9 Å². The summed E-state index contributed by atoms with van der Waals surface area (Å²) in [5.74, 6) is -0.506. The summed E-state index contributed by atoms with van der Waals surface area (Å²) in [6.45, 7) is 1.94. The first-order chi connectivity index (χ1) is 14.3. The van der Waals surface area contributed by atoms with E-state index in [1.807, 2.05) is 62.3 Å². The van der Waals surface area contributed by atoms with Crippen LogP contribution in [0.25, 0.3) is 0 Å². The molecule has 0 fully saturated rings. The fraction of sp³-hybridized carbons (Fsp3) is 0.167. The van der Waals surface area contributed by atoms with Crippen molar-refractivity contribution < 1.29 is 9.59 Å². The highest BCUT2D eigenvalue weighted by molar-refractivity contribution is 6.31. The van der Waals surface area contributed by atoms with Gasteiger partial charge in [-0.3, -0.25) is 9.59 Å². The third-order valence-corrected chi connectivity index (χ3v) is 4.95. The van der Waals surface area contributed by atoms with Crippen LogP contribution < -0.4 is 15.5 Å². The molecule has 0 saturated heterocycles. The van der Waals surface area contributed by atoms with Gasteiger partial charge in [-0.15, -0.1) is 0 Å². The maximum Gasteiger partial charge on any atom is 0.255 e. The van der Waals surface area contributed by atoms with Gasteiger partial charge in [-0.05, 0) is 48.9 Å². The lowest BCUT2D eigenvalue weighted by Gasteiger charge is -2.20. The number of carbonyl (C=O) groups excluding carboxylic acids is 2. The van der Waals surface area contributed by atoms with E-state index >= 15 is 0 Å². The van der Waals surface area contributed by atoms with Crippen molar-refractivity contribution in [3.63, 3.8) is 0 Å². The molecule has 3 rings (SSSR count). The van der Waals surface area contributed by atoms with Crippen LogP contribution in [-0.4, -0.2) is 25.9 Å². The van der Waals surface area contributed by atoms with Gasteiger partial charge in [-0.2, -0.15) is 0 Å². The topological polar surface area (TPSA) is 61.4 Å². The Labute approximate surface area is 181 Å². The zero-order valence-electron chi connectivity index (χ0n) is 17.1. The standard InChI is InChI=1S/C24H24ClN3O2/c1-16(17-8-5-4-6-9-17)26-24(30)21-15-20(12-13-22(21)28(2)3)27-23(29)18-10-7-11-19(25)14-18/h4-16H,1-3H3,(H,26,30)(H,27,29)/t16-/m0/s1. The summed E-state index contributed by atoms with van der Waals surface area (Å²) in [5, 5.41) is 6.35. The Hall–Kier alpha value is -3.31. The van der Waals surface area contributed by atoms with E-state index < -0.39 is 0 Å². The molecule has 0 aromatic heterocycles. The molecule has 0 heterocycles. The number of hydrogen-bond donors (Lipinski definition) is 2. The Balaban J connectivity index is 1.83. The normalized spacial score (nSPS) is 11.5. The molecular weight excluding hydrogens is 398 g/mol. The molecule has 0 saturated carbocycles. The molecule has 0 aliphatic heterocycles. The number of hydrogen-bond acceptors (Lipinski definition) is 3. The van der Waals surface area contributed by atoms with E-state index in [1.165, 1.54) is 0 Å². The quantitative estimate of drug-likeness (QED) is 0.578. The molecule has 1 atom stereocenters. The van der Waals surface area contributed by atoms with Gasteiger partial charge in [0.25, 0.3) is 11.8 Å². The lowest BCUT2D eigenvalue weighted by atomic mass is 10.1. The Bertz CT molecular complexity index is 1050. The Morgan fingerprint density at radius 3 is 2.30 bits per heavy atom. The molecule has 6 heteroatoms. The monoisotopic (exact) mass is 421 g/mol. The second-order valence-corrected chi connectivity index (χ2v) is 7.63. The highest BCUT2D eigenvalue weighted by Gasteiger charge is 2.18. The molecule has 0 aliphatic rings. The average Bonchev–Trinajstić information content (AvgIpc) is 2.74. The SMILES string of the molecule is C[C@H](NC(=O)c1cc(NC(=O)c2cccc(Cl)c2)ccc1N(C)C)c1ccccc1. The average molecular weight is 422 g/mol. The lowest BCUT2D eigenvalue weighted by Crippen LogP contribution is -2.28. The summed E-state index contributed by atoms with van der Waals surface area (Å²) < 4.78 is 0. The van der Waals surface area contributed by atoms with Gasteiger partial charge in [0, 0.05) is 36.1 Å². The van der Waals surface area contributed by atoms with E-state index in [2.05, 4.69) is 10.6 Å². The molecule has 2 amide bonds. The van der Waals surface area contributed by atoms with Crippen molar-refractivity contribution in [2.75, 3.05) is 24.3 Å². The third kappa shape index (κ3) is 5.19. The number of nitrogens with zero attached hydrogens (tertiary/aromatic N) is 1. The number of benzene rings is 3. The first-order valence-corrected chi connectivity index (χ1v) is 9.97. The van der Waals surface area contributed by atoms with Crippen molar-refractivity contribution in [1.29, 1.82) is 0 Å². The fourth-order valence-corrected chi connectivity index (χ4v) is 3.31. The molecule has 2 N–H and O–H groups in total. The van der Waals surface area contributed by atoms with Crippen LogP contribution in [0.1, 0.15) is 39.2 Å². The van der Waals surface area contributed by atoms with Crippen molar-refractivity contribution in [3.8, 4) is 0 Å². The van der Waals surface area contributed by atoms with Gasteiger partial charge in [0.2, 0.25) is 0 Å². The highest BCUT2D eigenvalue weighted by Crippen LogP contribution is 2.25. The maximum atomic E-state index is 13.0. The Morgan fingerprint density at radius 2 is 1.63 bits per heavy atom. The van der Waals surface area contributed by atoms with Crippen LogP contribution in [0, 0.1) is 0 Å². The van der Waals surface area contributed by atoms with Crippen LogP contribution in [0.2, 0.25) is 5.02 Å². The minimum Gasteiger partial charge on any atom is -0.377 e. The Kier molecular flexibility index (Phi) is 6.75. The summed E-state index contributed by atoms with van der Waals surface area (Å²) in [4.78, 5) is 27.5. The minimum atomic E-state index is -0.292. The second-order valence-electron chi connectivity index (χ2n) is 7.20. The number of rotatable bonds is 6. The first kappa shape index (κ1) is 21.4. The highest BCUT2D eigenvalue weighted by atomic mass is 35.5. The predicted molar refractivity (Wildman–Crippen MR) is 122 cm³/mol. The summed E-state index contributed by atoms with van der Waals surface area (Å²) >= 11 is 5.97. The summed E-state index contributed by atoms with van der Waals surface area (Å²) in [6.07, 6.45) is 0. The molecular formula is C24H24ClN3O2. The van der Waals surface area contributed by atoms with E-state index in [0.29, 0.717) is 21.8 Å². The Morgan fingerprint density at radius 1 is 0.900 bits per heavy atom. The van der Waals surface area contributed by atoms with Gasteiger partial charge < -0.3 is 15.5 Å². The molecule has 0 unspecified atom stereocenters. The molecule has 154 valence electrons. The molecule has 3 aromatic rings. The smallest absolute Gasteiger partial charge is 0.255 e. The molecule has 0 bridgehead atoms. The molecule has 0 radical (unpaired) electrons. The minimum absolute atomic E-state index is 0.154. The first-order valence-electron chi connectivity index (χ1n) is 9.59. The van der Waals surface area contributed by atoms with Crippen LogP contribution in [0.3, 0.4) is 0 Å². The van der Waals surface area contributed by atoms with E-state index in [4.69, 9.17) is 11.6 Å². The van der Waals surface area contributed by atoms with E-state index in [9.17, 15) is 9.59 Å². The lowest BCUT2D eigenvalue weighted by molar-refractivity contribution is 0.0939. The van der Waals surface area contributed by atoms with Gasteiger partial charge in [-0.25, -0.2) is 0 Å². The number of halogens is 1. The summed E-state index contributed by atoms with van der Waals surface area (Å²) in [5.41, 5.74) is 3.23. The van der Waals surface area contributed by atoms with Crippen molar-refractivity contribution >= 4 is 34.8 Å². The van der Waals surface area contributed by atoms with E-state index in [1.54, 1.807) is 36.4 Å². The van der Waals surface area contributed by atoms with Crippen molar-refractivity contribution in [3.05, 3.63) is 94.5 Å². The van der Waals surface area contributed by atoms with Crippen molar-refractivity contribution in [2.45, 2.75) is 13.0 Å². The maximum absolute atomic E-state index is 13.0. The molecule has 30 heavy (non-hydrogen) atoms. The van der Waals surface area contributed by atoms with Crippen LogP contribution in [0.4, 0.5) is 11.4 Å². The van der Waals surface area contributed by atoms with Gasteiger partial charge in [0.15, 0.2) is 0 Å². The van der Waals surface area contributed by atoms with Gasteiger partial charge in [-0.1, -0.05) is 48.0 Å². The van der Waals surface area contributed by atoms with Gasteiger partial charge in [0.1, 0.15) is 0 Å². The molecule has 0 aliphatic carbocycles. The second kappa shape index (κ2) is 9.46. The molecule has 0 spiro atoms. The third-order valence-electron chi connectivity index (χ3n) is 4.71. The van der Waals surface area contributed by atoms with E-state index in [0.717, 1.165) is 11.3 Å². The van der Waals surface area contributed by atoms with Crippen molar-refractivity contribution in [2.24, 2.45) is 0 Å². The van der Waals surface area contributed by atoms with Gasteiger partial charge in [0.05, 0.1) is 11.6 Å². The van der Waals surface area contributed by atoms with Crippen LogP contribution in [0.15, 0.2) is 72.8 Å². The molecule has 5 nitrogen and oxygen atoms in total. The largest absolute Gasteiger partial charge is 0.377 e. The zero-order chi connectivity index (χ0) is 21.7. The predicted octanol–water partition coefficient (Wildman–Crippen LogP) is 5.15. The number of amides is 2.